The average molecular weight is 425 g/mol. The molecule has 1 aromatic carbocycles. The summed E-state index contributed by atoms with van der Waals surface area (Å²) in [5.74, 6) is -1.15. The molecule has 0 saturated heterocycles. The number of hydrogen-bond donors (Lipinski definition) is 1. The van der Waals surface area contributed by atoms with Crippen molar-refractivity contribution >= 4 is 33.2 Å². The number of carbonyl (C=O) groups excluding carboxylic acids is 1. The third kappa shape index (κ3) is 3.07. The number of alkyl halides is 2. The number of amides is 1. The molecule has 1 saturated carbocycles. The van der Waals surface area contributed by atoms with Crippen LogP contribution >= 0.6 is 15.9 Å². The third-order valence-corrected chi connectivity index (χ3v) is 4.66. The molecule has 0 aliphatic heterocycles. The first-order valence-corrected chi connectivity index (χ1v) is 8.66. The third-order valence-electron chi connectivity index (χ3n) is 4.16. The van der Waals surface area contributed by atoms with E-state index in [4.69, 9.17) is 0 Å². The highest BCUT2D eigenvalue weighted by Gasteiger charge is 2.29. The standard InChI is InChI=1S/C17H12BrF3N4O/c18-9-3-4-12(11(19)5-9)24-17(26)10-7-22-25-14(15(20)21)6-13(8-1-2-8)23-16(10)25/h3-8,15H,1-2H2,(H,24,26). The van der Waals surface area contributed by atoms with E-state index in [1.165, 1.54) is 18.2 Å². The van der Waals surface area contributed by atoms with Gasteiger partial charge in [0.05, 0.1) is 11.9 Å². The molecule has 1 aliphatic rings. The molecule has 2 heterocycles. The van der Waals surface area contributed by atoms with E-state index in [-0.39, 0.29) is 28.5 Å². The van der Waals surface area contributed by atoms with Crippen LogP contribution in [0.1, 0.15) is 46.9 Å². The fourth-order valence-electron chi connectivity index (χ4n) is 2.69. The molecule has 9 heteroatoms. The zero-order valence-electron chi connectivity index (χ0n) is 13.2. The van der Waals surface area contributed by atoms with Gasteiger partial charge in [0.2, 0.25) is 0 Å². The first kappa shape index (κ1) is 17.0. The van der Waals surface area contributed by atoms with Gasteiger partial charge in [-0.1, -0.05) is 15.9 Å². The Bertz CT molecular complexity index is 1020. The Morgan fingerprint density at radius 3 is 2.73 bits per heavy atom. The van der Waals surface area contributed by atoms with Crippen LogP contribution in [-0.2, 0) is 0 Å². The molecule has 0 unspecified atom stereocenters. The average Bonchev–Trinajstić information content (AvgIpc) is 3.35. The molecule has 0 radical (unpaired) electrons. The Hall–Kier alpha value is -2.42. The van der Waals surface area contributed by atoms with Crippen molar-refractivity contribution in [2.75, 3.05) is 5.32 Å². The molecule has 4 rings (SSSR count). The summed E-state index contributed by atoms with van der Waals surface area (Å²) in [5, 5.41) is 6.30. The highest BCUT2D eigenvalue weighted by molar-refractivity contribution is 9.10. The van der Waals surface area contributed by atoms with Gasteiger partial charge in [-0.15, -0.1) is 0 Å². The number of halogens is 4. The fourth-order valence-corrected chi connectivity index (χ4v) is 3.02. The van der Waals surface area contributed by atoms with Crippen molar-refractivity contribution in [1.29, 1.82) is 0 Å². The van der Waals surface area contributed by atoms with Gasteiger partial charge < -0.3 is 5.32 Å². The fraction of sp³-hybridized carbons (Fsp3) is 0.235. The highest BCUT2D eigenvalue weighted by atomic mass is 79.9. The van der Waals surface area contributed by atoms with Gasteiger partial charge >= 0.3 is 0 Å². The van der Waals surface area contributed by atoms with Gasteiger partial charge in [-0.25, -0.2) is 22.7 Å². The molecule has 1 aliphatic carbocycles. The lowest BCUT2D eigenvalue weighted by atomic mass is 10.2. The number of fused-ring (bicyclic) bond motifs is 1. The van der Waals surface area contributed by atoms with Crippen LogP contribution in [-0.4, -0.2) is 20.5 Å². The van der Waals surface area contributed by atoms with Gasteiger partial charge in [-0.05, 0) is 37.1 Å². The molecule has 1 amide bonds. The van der Waals surface area contributed by atoms with Gasteiger partial charge in [-0.2, -0.15) is 5.10 Å². The monoisotopic (exact) mass is 424 g/mol. The van der Waals surface area contributed by atoms with Crippen molar-refractivity contribution in [1.82, 2.24) is 14.6 Å². The lowest BCUT2D eigenvalue weighted by Gasteiger charge is -2.08. The molecule has 0 spiro atoms. The molecular weight excluding hydrogens is 413 g/mol. The topological polar surface area (TPSA) is 59.3 Å². The number of hydrogen-bond acceptors (Lipinski definition) is 3. The number of carbonyl (C=O) groups is 1. The zero-order valence-corrected chi connectivity index (χ0v) is 14.8. The number of nitrogens with zero attached hydrogens (tertiary/aromatic N) is 3. The number of aromatic nitrogens is 3. The maximum atomic E-state index is 13.9. The lowest BCUT2D eigenvalue weighted by molar-refractivity contribution is 0.102. The molecule has 0 atom stereocenters. The molecule has 2 aromatic heterocycles. The van der Waals surface area contributed by atoms with Crippen molar-refractivity contribution in [3.63, 3.8) is 0 Å². The van der Waals surface area contributed by atoms with Gasteiger partial charge in [-0.3, -0.25) is 4.79 Å². The number of anilines is 1. The second-order valence-electron chi connectivity index (χ2n) is 6.05. The lowest BCUT2D eigenvalue weighted by Crippen LogP contribution is -2.14. The molecule has 5 nitrogen and oxygen atoms in total. The predicted octanol–water partition coefficient (Wildman–Crippen LogP) is 4.70. The van der Waals surface area contributed by atoms with Crippen LogP contribution in [0.5, 0.6) is 0 Å². The van der Waals surface area contributed by atoms with Crippen LogP contribution in [0.15, 0.2) is 34.9 Å². The Balaban J connectivity index is 1.75. The van der Waals surface area contributed by atoms with E-state index in [2.05, 4.69) is 31.3 Å². The Morgan fingerprint density at radius 2 is 2.08 bits per heavy atom. The van der Waals surface area contributed by atoms with Gasteiger partial charge in [0, 0.05) is 16.1 Å². The highest BCUT2D eigenvalue weighted by Crippen LogP contribution is 2.40. The van der Waals surface area contributed by atoms with Gasteiger partial charge in [0.15, 0.2) is 5.65 Å². The van der Waals surface area contributed by atoms with E-state index in [0.717, 1.165) is 23.6 Å². The van der Waals surface area contributed by atoms with Crippen molar-refractivity contribution in [2.45, 2.75) is 25.2 Å². The van der Waals surface area contributed by atoms with Gasteiger partial charge in [0.1, 0.15) is 17.1 Å². The summed E-state index contributed by atoms with van der Waals surface area (Å²) < 4.78 is 42.2. The number of nitrogens with one attached hydrogen (secondary N) is 1. The van der Waals surface area contributed by atoms with E-state index < -0.39 is 18.1 Å². The van der Waals surface area contributed by atoms with Crippen LogP contribution < -0.4 is 5.32 Å². The van der Waals surface area contributed by atoms with Crippen molar-refractivity contribution in [3.05, 3.63) is 57.7 Å². The molecule has 1 N–H and O–H groups in total. The first-order chi connectivity index (χ1) is 12.4. The minimum Gasteiger partial charge on any atom is -0.319 e. The van der Waals surface area contributed by atoms with Crippen molar-refractivity contribution < 1.29 is 18.0 Å². The van der Waals surface area contributed by atoms with Crippen LogP contribution in [0, 0.1) is 5.82 Å². The summed E-state index contributed by atoms with van der Waals surface area (Å²) in [6, 6.07) is 5.52. The minimum absolute atomic E-state index is 0.0109. The summed E-state index contributed by atoms with van der Waals surface area (Å²) in [6.45, 7) is 0. The van der Waals surface area contributed by atoms with Gasteiger partial charge in [0.25, 0.3) is 12.3 Å². The summed E-state index contributed by atoms with van der Waals surface area (Å²) >= 11 is 3.14. The van der Waals surface area contributed by atoms with Crippen LogP contribution in [0.2, 0.25) is 0 Å². The Labute approximate surface area is 154 Å². The molecule has 1 fully saturated rings. The van der Waals surface area contributed by atoms with E-state index in [9.17, 15) is 18.0 Å². The summed E-state index contributed by atoms with van der Waals surface area (Å²) in [5.41, 5.74) is 0.240. The second kappa shape index (κ2) is 6.39. The zero-order chi connectivity index (χ0) is 18.4. The minimum atomic E-state index is -2.75. The van der Waals surface area contributed by atoms with E-state index in [1.54, 1.807) is 6.07 Å². The normalized spacial score (nSPS) is 14.2. The van der Waals surface area contributed by atoms with Crippen LogP contribution in [0.4, 0.5) is 18.9 Å². The first-order valence-electron chi connectivity index (χ1n) is 7.87. The SMILES string of the molecule is O=C(Nc1ccc(Br)cc1F)c1cnn2c(C(F)F)cc(C3CC3)nc12. The summed E-state index contributed by atoms with van der Waals surface area (Å²) in [7, 11) is 0. The molecule has 134 valence electrons. The quantitative estimate of drug-likeness (QED) is 0.660. The maximum absolute atomic E-state index is 13.9. The van der Waals surface area contributed by atoms with Crippen LogP contribution in [0.25, 0.3) is 5.65 Å². The number of benzene rings is 1. The van der Waals surface area contributed by atoms with E-state index in [1.807, 2.05) is 0 Å². The van der Waals surface area contributed by atoms with Crippen molar-refractivity contribution in [2.24, 2.45) is 0 Å². The smallest absolute Gasteiger partial charge is 0.280 e. The van der Waals surface area contributed by atoms with E-state index >= 15 is 0 Å². The Kier molecular flexibility index (Phi) is 4.18. The second-order valence-corrected chi connectivity index (χ2v) is 6.97. The largest absolute Gasteiger partial charge is 0.319 e. The van der Waals surface area contributed by atoms with Crippen LogP contribution in [0.3, 0.4) is 0 Å². The summed E-state index contributed by atoms with van der Waals surface area (Å²) in [6.07, 6.45) is 0.173. The summed E-state index contributed by atoms with van der Waals surface area (Å²) in [4.78, 5) is 16.9. The molecule has 26 heavy (non-hydrogen) atoms. The maximum Gasteiger partial charge on any atom is 0.280 e. The number of rotatable bonds is 4. The van der Waals surface area contributed by atoms with Crippen molar-refractivity contribution in [3.8, 4) is 0 Å². The van der Waals surface area contributed by atoms with E-state index in [0.29, 0.717) is 10.2 Å². The molecule has 3 aromatic rings. The molecular formula is C17H12BrF3N4O. The Morgan fingerprint density at radius 1 is 1.31 bits per heavy atom. The molecule has 0 bridgehead atoms. The predicted molar refractivity (Wildman–Crippen MR) is 92.0 cm³/mol.